The van der Waals surface area contributed by atoms with E-state index >= 15 is 0 Å². The van der Waals surface area contributed by atoms with Crippen LogP contribution in [0, 0.1) is 18.8 Å². The van der Waals surface area contributed by atoms with Gasteiger partial charge < -0.3 is 9.64 Å². The summed E-state index contributed by atoms with van der Waals surface area (Å²) in [7, 11) is 2.09. The van der Waals surface area contributed by atoms with Crippen molar-refractivity contribution in [1.29, 1.82) is 0 Å². The highest BCUT2D eigenvalue weighted by Gasteiger charge is 2.04. The van der Waals surface area contributed by atoms with Crippen LogP contribution in [-0.4, -0.2) is 36.1 Å². The molecule has 3 rings (SSSR count). The van der Waals surface area contributed by atoms with Gasteiger partial charge in [0, 0.05) is 42.8 Å². The maximum atomic E-state index is 11.4. The number of hydrogen-bond acceptors (Lipinski definition) is 7. The van der Waals surface area contributed by atoms with Gasteiger partial charge in [-0.2, -0.15) is 10.2 Å². The predicted octanol–water partition coefficient (Wildman–Crippen LogP) is 6.72. The number of esters is 1. The average molecular weight is 496 g/mol. The second kappa shape index (κ2) is 14.3. The largest absolute Gasteiger partial charge is 0.462 e. The summed E-state index contributed by atoms with van der Waals surface area (Å²) in [5.41, 5.74) is 5.07. The number of azo groups is 1. The lowest BCUT2D eigenvalue weighted by Crippen LogP contribution is -2.18. The molecule has 37 heavy (non-hydrogen) atoms. The summed E-state index contributed by atoms with van der Waals surface area (Å²) in [5.74, 6) is 6.27. The first kappa shape index (κ1) is 27.3. The lowest BCUT2D eigenvalue weighted by molar-refractivity contribution is -0.139. The molecule has 2 aromatic carbocycles. The van der Waals surface area contributed by atoms with E-state index < -0.39 is 0 Å². The topological polar surface area (TPSA) is 80.0 Å². The lowest BCUT2D eigenvalue weighted by atomic mass is 10.1. The van der Waals surface area contributed by atoms with Crippen LogP contribution >= 0.6 is 0 Å². The zero-order chi connectivity index (χ0) is 26.5. The number of carbonyl (C=O) groups excluding carboxylic acids is 1. The van der Waals surface area contributed by atoms with Gasteiger partial charge in [-0.25, -0.2) is 14.8 Å². The zero-order valence-electron chi connectivity index (χ0n) is 21.8. The van der Waals surface area contributed by atoms with E-state index in [0.717, 1.165) is 60.4 Å². The summed E-state index contributed by atoms with van der Waals surface area (Å²) in [6.07, 6.45) is 7.42. The number of unbranched alkanes of at least 4 members (excludes halogenated alkanes) is 3. The quantitative estimate of drug-likeness (QED) is 0.0970. The summed E-state index contributed by atoms with van der Waals surface area (Å²) in [6.45, 7) is 8.65. The number of rotatable bonds is 11. The van der Waals surface area contributed by atoms with Crippen molar-refractivity contribution in [3.8, 4) is 11.8 Å². The Morgan fingerprint density at radius 3 is 2.35 bits per heavy atom. The van der Waals surface area contributed by atoms with Crippen molar-refractivity contribution in [3.05, 3.63) is 90.0 Å². The summed E-state index contributed by atoms with van der Waals surface area (Å²) in [6, 6.07) is 15.6. The normalized spacial score (nSPS) is 10.6. The fourth-order valence-corrected chi connectivity index (χ4v) is 3.45. The first-order valence-corrected chi connectivity index (χ1v) is 12.4. The van der Waals surface area contributed by atoms with Crippen molar-refractivity contribution in [3.63, 3.8) is 0 Å². The van der Waals surface area contributed by atoms with E-state index in [-0.39, 0.29) is 5.97 Å². The first-order valence-electron chi connectivity index (χ1n) is 12.4. The van der Waals surface area contributed by atoms with E-state index in [4.69, 9.17) is 4.74 Å². The molecule has 0 N–H and O–H groups in total. The average Bonchev–Trinajstić information content (AvgIpc) is 2.91. The molecular formula is C30H33N5O2. The monoisotopic (exact) mass is 495 g/mol. The Morgan fingerprint density at radius 2 is 1.65 bits per heavy atom. The fraction of sp³-hybridized carbons (Fsp3) is 0.300. The maximum absolute atomic E-state index is 11.4. The summed E-state index contributed by atoms with van der Waals surface area (Å²) < 4.78 is 5.12. The molecule has 0 aliphatic rings. The molecule has 3 aromatic rings. The van der Waals surface area contributed by atoms with Gasteiger partial charge in [-0.3, -0.25) is 0 Å². The Balaban J connectivity index is 1.44. The molecule has 0 saturated heterocycles. The van der Waals surface area contributed by atoms with Crippen LogP contribution in [0.25, 0.3) is 0 Å². The molecule has 0 bridgehead atoms. The lowest BCUT2D eigenvalue weighted by Gasteiger charge is -2.19. The number of hydrogen-bond donors (Lipinski definition) is 0. The number of ether oxygens (including phenoxy) is 1. The minimum atomic E-state index is -0.309. The van der Waals surface area contributed by atoms with Crippen LogP contribution in [0.3, 0.4) is 0 Å². The Morgan fingerprint density at radius 1 is 0.973 bits per heavy atom. The Labute approximate surface area is 219 Å². The van der Waals surface area contributed by atoms with E-state index in [1.807, 2.05) is 37.3 Å². The number of aryl methyl sites for hydroxylation is 1. The van der Waals surface area contributed by atoms with Gasteiger partial charge in [-0.15, -0.1) is 0 Å². The van der Waals surface area contributed by atoms with Crippen molar-refractivity contribution in [2.45, 2.75) is 39.5 Å². The van der Waals surface area contributed by atoms with Crippen LogP contribution in [0.4, 0.5) is 17.1 Å². The van der Waals surface area contributed by atoms with Crippen molar-refractivity contribution in [2.24, 2.45) is 10.2 Å². The van der Waals surface area contributed by atoms with Crippen molar-refractivity contribution < 1.29 is 9.53 Å². The van der Waals surface area contributed by atoms with Crippen molar-refractivity contribution in [1.82, 2.24) is 9.97 Å². The summed E-state index contributed by atoms with van der Waals surface area (Å²) in [5, 5.41) is 8.76. The van der Waals surface area contributed by atoms with E-state index in [2.05, 4.69) is 62.7 Å². The van der Waals surface area contributed by atoms with Gasteiger partial charge in [0.05, 0.1) is 18.0 Å². The third-order valence-electron chi connectivity index (χ3n) is 5.63. The Hall–Kier alpha value is -4.31. The minimum Gasteiger partial charge on any atom is -0.462 e. The highest BCUT2D eigenvalue weighted by Crippen LogP contribution is 2.23. The zero-order valence-corrected chi connectivity index (χ0v) is 21.8. The van der Waals surface area contributed by atoms with Crippen LogP contribution in [0.2, 0.25) is 0 Å². The smallest absolute Gasteiger partial charge is 0.333 e. The van der Waals surface area contributed by atoms with E-state index in [1.165, 1.54) is 0 Å². The van der Waals surface area contributed by atoms with Crippen molar-refractivity contribution >= 4 is 23.0 Å². The fourth-order valence-electron chi connectivity index (χ4n) is 3.45. The Kier molecular flexibility index (Phi) is 10.5. The molecule has 1 heterocycles. The first-order chi connectivity index (χ1) is 17.9. The van der Waals surface area contributed by atoms with E-state index in [1.54, 1.807) is 25.4 Å². The van der Waals surface area contributed by atoms with Gasteiger partial charge in [0.15, 0.2) is 0 Å². The molecule has 0 aliphatic carbocycles. The maximum Gasteiger partial charge on any atom is 0.333 e. The Bertz CT molecular complexity index is 1270. The molecule has 0 amide bonds. The van der Waals surface area contributed by atoms with Gasteiger partial charge >= 0.3 is 5.97 Å². The molecule has 0 atom stereocenters. The van der Waals surface area contributed by atoms with Crippen LogP contribution in [0.15, 0.2) is 83.3 Å². The van der Waals surface area contributed by atoms with E-state index in [9.17, 15) is 4.79 Å². The minimum absolute atomic E-state index is 0.309. The molecule has 0 unspecified atom stereocenters. The number of anilines is 1. The van der Waals surface area contributed by atoms with Gasteiger partial charge in [0.25, 0.3) is 0 Å². The van der Waals surface area contributed by atoms with Crippen LogP contribution in [0.5, 0.6) is 0 Å². The predicted molar refractivity (Wildman–Crippen MR) is 147 cm³/mol. The van der Waals surface area contributed by atoms with Crippen molar-refractivity contribution in [2.75, 3.05) is 25.1 Å². The van der Waals surface area contributed by atoms with Gasteiger partial charge in [0.2, 0.25) is 5.82 Å². The molecule has 1 aromatic heterocycles. The number of aromatic nitrogens is 2. The molecule has 7 heteroatoms. The molecule has 0 aliphatic heterocycles. The molecule has 0 radical (unpaired) electrons. The molecule has 7 nitrogen and oxygen atoms in total. The third-order valence-corrected chi connectivity index (χ3v) is 5.63. The van der Waals surface area contributed by atoms with Gasteiger partial charge in [-0.1, -0.05) is 18.9 Å². The number of carbonyl (C=O) groups is 1. The van der Waals surface area contributed by atoms with E-state index in [0.29, 0.717) is 18.0 Å². The molecule has 190 valence electrons. The highest BCUT2D eigenvalue weighted by atomic mass is 16.5. The second-order valence-electron chi connectivity index (χ2n) is 8.79. The summed E-state index contributed by atoms with van der Waals surface area (Å²) in [4.78, 5) is 21.8. The van der Waals surface area contributed by atoms with Crippen LogP contribution in [-0.2, 0) is 9.53 Å². The standard InChI is InChI=1S/C30H33N5O2/c1-23(2)30(36)37-21-8-6-5-7-20-35(4)28-15-13-26(14-16-28)33-34-27-12-10-25(24(3)22-27)11-17-29-31-18-9-19-32-29/h9-10,12-16,18-19,22H,1,5-8,20-21H2,2-4H3. The van der Waals surface area contributed by atoms with Gasteiger partial charge in [-0.05, 0) is 93.1 Å². The molecule has 0 saturated carbocycles. The molecule has 0 fully saturated rings. The highest BCUT2D eigenvalue weighted by molar-refractivity contribution is 5.86. The third kappa shape index (κ3) is 9.34. The van der Waals surface area contributed by atoms with Crippen LogP contribution in [0.1, 0.15) is 49.6 Å². The second-order valence-corrected chi connectivity index (χ2v) is 8.79. The number of benzene rings is 2. The number of nitrogens with zero attached hydrogens (tertiary/aromatic N) is 5. The van der Waals surface area contributed by atoms with Gasteiger partial charge in [0.1, 0.15) is 0 Å². The molecule has 0 spiro atoms. The molecular weight excluding hydrogens is 462 g/mol. The summed E-state index contributed by atoms with van der Waals surface area (Å²) >= 11 is 0. The SMILES string of the molecule is C=C(C)C(=O)OCCCCCCN(C)c1ccc(N=Nc2ccc(C#Cc3ncccn3)c(C)c2)cc1. The van der Waals surface area contributed by atoms with Crippen LogP contribution < -0.4 is 4.90 Å².